The number of fused-ring (bicyclic) bond motifs is 1. The summed E-state index contributed by atoms with van der Waals surface area (Å²) < 4.78 is 27.9. The number of anilines is 1. The molecule has 4 rings (SSSR count). The van der Waals surface area contributed by atoms with Crippen LogP contribution in [0.5, 0.6) is 0 Å². The molecule has 0 amide bonds. The molecule has 0 bridgehead atoms. The molecule has 1 fully saturated rings. The minimum Gasteiger partial charge on any atom is -0.381 e. The summed E-state index contributed by atoms with van der Waals surface area (Å²) in [7, 11) is 0. The lowest BCUT2D eigenvalue weighted by atomic mass is 10.1. The highest BCUT2D eigenvalue weighted by molar-refractivity contribution is 5.84. The van der Waals surface area contributed by atoms with E-state index in [9.17, 15) is 13.6 Å². The fourth-order valence-electron chi connectivity index (χ4n) is 3.66. The van der Waals surface area contributed by atoms with Crippen molar-refractivity contribution in [2.45, 2.75) is 25.9 Å². The van der Waals surface area contributed by atoms with Gasteiger partial charge in [0.15, 0.2) is 11.6 Å². The van der Waals surface area contributed by atoms with Crippen molar-refractivity contribution in [3.8, 4) is 0 Å². The average Bonchev–Trinajstić information content (AvgIpc) is 3.09. The number of aromatic amines is 1. The first kappa shape index (κ1) is 17.7. The third-order valence-electron chi connectivity index (χ3n) is 5.17. The number of aromatic nitrogens is 1. The first-order chi connectivity index (χ1) is 13.0. The Kier molecular flexibility index (Phi) is 4.66. The minimum atomic E-state index is -0.757. The fourth-order valence-corrected chi connectivity index (χ4v) is 3.66. The maximum atomic E-state index is 14.1. The monoisotopic (exact) mass is 369 g/mol. The zero-order valence-electron chi connectivity index (χ0n) is 15.1. The van der Waals surface area contributed by atoms with E-state index in [1.165, 1.54) is 0 Å². The molecule has 1 aliphatic heterocycles. The van der Waals surface area contributed by atoms with Crippen molar-refractivity contribution in [3.05, 3.63) is 75.7 Å². The van der Waals surface area contributed by atoms with Gasteiger partial charge in [0.05, 0.1) is 0 Å². The summed E-state index contributed by atoms with van der Waals surface area (Å²) in [6, 6.07) is 11.1. The van der Waals surface area contributed by atoms with Crippen molar-refractivity contribution < 1.29 is 8.78 Å². The second kappa shape index (κ2) is 7.12. The van der Waals surface area contributed by atoms with Gasteiger partial charge in [0, 0.05) is 48.5 Å². The quantitative estimate of drug-likeness (QED) is 0.735. The van der Waals surface area contributed by atoms with Crippen LogP contribution in [0.1, 0.15) is 17.5 Å². The number of nitrogens with zero attached hydrogens (tertiary/aromatic N) is 1. The molecule has 0 radical (unpaired) electrons. The van der Waals surface area contributed by atoms with Crippen LogP contribution in [0.2, 0.25) is 0 Å². The molecule has 6 heteroatoms. The van der Waals surface area contributed by atoms with Crippen LogP contribution in [0, 0.1) is 18.6 Å². The van der Waals surface area contributed by atoms with Crippen LogP contribution in [-0.4, -0.2) is 29.0 Å². The number of hydrogen-bond donors (Lipinski definition) is 2. The first-order valence-electron chi connectivity index (χ1n) is 9.05. The topological polar surface area (TPSA) is 48.1 Å². The normalized spacial score (nSPS) is 17.5. The Morgan fingerprint density at radius 1 is 1.19 bits per heavy atom. The lowest BCUT2D eigenvalue weighted by Gasteiger charge is -2.18. The maximum Gasteiger partial charge on any atom is 0.255 e. The molecule has 0 aliphatic carbocycles. The summed E-state index contributed by atoms with van der Waals surface area (Å²) in [5.74, 6) is -1.50. The molecule has 2 aromatic carbocycles. The Labute approximate surface area is 155 Å². The summed E-state index contributed by atoms with van der Waals surface area (Å²) in [6.45, 7) is 3.53. The van der Waals surface area contributed by atoms with E-state index in [4.69, 9.17) is 0 Å². The van der Waals surface area contributed by atoms with Crippen molar-refractivity contribution in [3.63, 3.8) is 0 Å². The van der Waals surface area contributed by atoms with Gasteiger partial charge in [0.1, 0.15) is 0 Å². The van der Waals surface area contributed by atoms with Crippen molar-refractivity contribution in [2.75, 3.05) is 18.4 Å². The molecule has 1 atom stereocenters. The minimum absolute atomic E-state index is 0.0987. The van der Waals surface area contributed by atoms with Crippen LogP contribution < -0.4 is 10.9 Å². The van der Waals surface area contributed by atoms with Crippen LogP contribution in [0.15, 0.2) is 47.4 Å². The molecular formula is C21H21F2N3O. The van der Waals surface area contributed by atoms with E-state index in [-0.39, 0.29) is 11.6 Å². The van der Waals surface area contributed by atoms with Crippen molar-refractivity contribution >= 4 is 16.5 Å². The first-order valence-corrected chi connectivity index (χ1v) is 9.05. The van der Waals surface area contributed by atoms with E-state index >= 15 is 0 Å². The summed E-state index contributed by atoms with van der Waals surface area (Å²) in [5, 5.41) is 5.03. The van der Waals surface area contributed by atoms with Crippen molar-refractivity contribution in [1.29, 1.82) is 0 Å². The number of H-pyrrole nitrogens is 1. The third-order valence-corrected chi connectivity index (χ3v) is 5.17. The van der Waals surface area contributed by atoms with Crippen LogP contribution in [0.25, 0.3) is 10.8 Å². The number of likely N-dealkylation sites (tertiary alicyclic amines) is 1. The second-order valence-corrected chi connectivity index (χ2v) is 7.14. The molecule has 27 heavy (non-hydrogen) atoms. The van der Waals surface area contributed by atoms with Crippen LogP contribution in [-0.2, 0) is 6.54 Å². The number of aryl methyl sites for hydroxylation is 1. The van der Waals surface area contributed by atoms with Gasteiger partial charge in [-0.05, 0) is 48.6 Å². The molecule has 1 unspecified atom stereocenters. The van der Waals surface area contributed by atoms with Gasteiger partial charge in [-0.15, -0.1) is 0 Å². The van der Waals surface area contributed by atoms with Gasteiger partial charge in [0.2, 0.25) is 0 Å². The van der Waals surface area contributed by atoms with E-state index < -0.39 is 11.6 Å². The summed E-state index contributed by atoms with van der Waals surface area (Å²) in [4.78, 5) is 16.6. The number of rotatable bonds is 4. The average molecular weight is 369 g/mol. The number of pyridine rings is 1. The predicted octanol–water partition coefficient (Wildman–Crippen LogP) is 3.80. The van der Waals surface area contributed by atoms with Gasteiger partial charge >= 0.3 is 0 Å². The molecule has 1 saturated heterocycles. The molecule has 2 N–H and O–H groups in total. The van der Waals surface area contributed by atoms with E-state index in [1.807, 2.05) is 24.3 Å². The zero-order valence-corrected chi connectivity index (χ0v) is 15.1. The van der Waals surface area contributed by atoms with E-state index in [1.54, 1.807) is 25.3 Å². The predicted molar refractivity (Wildman–Crippen MR) is 103 cm³/mol. The van der Waals surface area contributed by atoms with Crippen LogP contribution in [0.4, 0.5) is 14.5 Å². The molecule has 0 spiro atoms. The number of benzene rings is 2. The Bertz CT molecular complexity index is 1050. The third kappa shape index (κ3) is 3.57. The Hall–Kier alpha value is -2.73. The maximum absolute atomic E-state index is 14.1. The SMILES string of the molecule is Cc1ccc(CN2CCC(Nc3ccc4c(=O)[nH]ccc4c3)C2)c(F)c1F. The van der Waals surface area contributed by atoms with Crippen molar-refractivity contribution in [1.82, 2.24) is 9.88 Å². The van der Waals surface area contributed by atoms with Gasteiger partial charge in [-0.1, -0.05) is 12.1 Å². The Morgan fingerprint density at radius 2 is 2.04 bits per heavy atom. The number of hydrogen-bond acceptors (Lipinski definition) is 3. The second-order valence-electron chi connectivity index (χ2n) is 7.14. The van der Waals surface area contributed by atoms with Crippen LogP contribution >= 0.6 is 0 Å². The number of nitrogens with one attached hydrogen (secondary N) is 2. The molecule has 2 heterocycles. The lowest BCUT2D eigenvalue weighted by Crippen LogP contribution is -2.26. The lowest BCUT2D eigenvalue weighted by molar-refractivity contribution is 0.320. The Morgan fingerprint density at radius 3 is 2.89 bits per heavy atom. The molecule has 4 nitrogen and oxygen atoms in total. The zero-order chi connectivity index (χ0) is 19.0. The van der Waals surface area contributed by atoms with Gasteiger partial charge in [-0.3, -0.25) is 9.69 Å². The Balaban J connectivity index is 1.43. The molecule has 0 saturated carbocycles. The van der Waals surface area contributed by atoms with E-state index in [0.29, 0.717) is 23.1 Å². The van der Waals surface area contributed by atoms with Crippen molar-refractivity contribution in [2.24, 2.45) is 0 Å². The molecule has 1 aromatic heterocycles. The van der Waals surface area contributed by atoms with Crippen LogP contribution in [0.3, 0.4) is 0 Å². The van der Waals surface area contributed by atoms with Gasteiger partial charge in [-0.2, -0.15) is 0 Å². The summed E-state index contributed by atoms with van der Waals surface area (Å²) in [6.07, 6.45) is 2.56. The summed E-state index contributed by atoms with van der Waals surface area (Å²) in [5.41, 5.74) is 1.57. The summed E-state index contributed by atoms with van der Waals surface area (Å²) >= 11 is 0. The van der Waals surface area contributed by atoms with Gasteiger partial charge in [0.25, 0.3) is 5.56 Å². The molecule has 3 aromatic rings. The van der Waals surface area contributed by atoms with E-state index in [0.717, 1.165) is 30.6 Å². The number of halogens is 2. The smallest absolute Gasteiger partial charge is 0.255 e. The van der Waals surface area contributed by atoms with Gasteiger partial charge < -0.3 is 10.3 Å². The standard InChI is InChI=1S/C21H21F2N3O/c1-13-2-3-15(20(23)19(13)22)11-26-9-7-17(12-26)25-16-4-5-18-14(10-16)6-8-24-21(18)27/h2-6,8,10,17,25H,7,9,11-12H2,1H3,(H,24,27). The van der Waals surface area contributed by atoms with Gasteiger partial charge in [-0.25, -0.2) is 8.78 Å². The highest BCUT2D eigenvalue weighted by Gasteiger charge is 2.24. The largest absolute Gasteiger partial charge is 0.381 e. The fraction of sp³-hybridized carbons (Fsp3) is 0.286. The molecule has 140 valence electrons. The molecule has 1 aliphatic rings. The highest BCUT2D eigenvalue weighted by Crippen LogP contribution is 2.22. The van der Waals surface area contributed by atoms with E-state index in [2.05, 4.69) is 15.2 Å². The highest BCUT2D eigenvalue weighted by atomic mass is 19.2. The molecular weight excluding hydrogens is 348 g/mol.